The molecule has 180 valence electrons. The molecule has 2 aliphatic heterocycles. The van der Waals surface area contributed by atoms with Crippen LogP contribution in [0.4, 0.5) is 0 Å². The van der Waals surface area contributed by atoms with Crippen LogP contribution in [0.2, 0.25) is 0 Å². The summed E-state index contributed by atoms with van der Waals surface area (Å²) in [5.41, 5.74) is 2.50. The Balaban J connectivity index is 1.46. The number of carbonyl (C=O) groups excluding carboxylic acids is 2. The Kier molecular flexibility index (Phi) is 6.69. The lowest BCUT2D eigenvalue weighted by Gasteiger charge is -2.55. The average molecular weight is 468 g/mol. The minimum Gasteiger partial charge on any atom is -0.347 e. The number of β-lactam (4-membered cyclic amide) rings is 1. The minimum absolute atomic E-state index is 0.0376. The number of benzene rings is 3. The van der Waals surface area contributed by atoms with Crippen molar-refractivity contribution in [1.29, 1.82) is 0 Å². The second-order valence-corrected chi connectivity index (χ2v) is 9.86. The molecule has 35 heavy (non-hydrogen) atoms. The van der Waals surface area contributed by atoms with Gasteiger partial charge in [-0.2, -0.15) is 0 Å². The van der Waals surface area contributed by atoms with Gasteiger partial charge in [0.15, 0.2) is 0 Å². The highest BCUT2D eigenvalue weighted by molar-refractivity contribution is 5.95. The van der Waals surface area contributed by atoms with Crippen molar-refractivity contribution in [2.45, 2.75) is 43.3 Å². The van der Waals surface area contributed by atoms with Crippen LogP contribution < -0.4 is 5.32 Å². The van der Waals surface area contributed by atoms with Crippen LogP contribution in [-0.4, -0.2) is 47.3 Å². The lowest BCUT2D eigenvalue weighted by molar-refractivity contribution is -0.169. The molecule has 3 aromatic rings. The molecule has 5 heteroatoms. The highest BCUT2D eigenvalue weighted by Crippen LogP contribution is 2.45. The first-order valence-corrected chi connectivity index (χ1v) is 12.5. The molecule has 0 bridgehead atoms. The van der Waals surface area contributed by atoms with Crippen LogP contribution in [0.25, 0.3) is 0 Å². The number of amides is 2. The number of rotatable bonds is 7. The SMILES string of the molecule is CN1CCC(C(=O)NC(Cc2ccccc2)c2ccccc2)(N2C(=O)CC2c2ccccc2)CC1. The van der Waals surface area contributed by atoms with Gasteiger partial charge in [-0.05, 0) is 43.0 Å². The molecule has 2 unspecified atom stereocenters. The van der Waals surface area contributed by atoms with Crippen LogP contribution in [-0.2, 0) is 16.0 Å². The van der Waals surface area contributed by atoms with Gasteiger partial charge in [-0.25, -0.2) is 0 Å². The van der Waals surface area contributed by atoms with E-state index in [0.717, 1.165) is 24.2 Å². The van der Waals surface area contributed by atoms with E-state index in [1.54, 1.807) is 0 Å². The largest absolute Gasteiger partial charge is 0.347 e. The molecule has 2 fully saturated rings. The standard InChI is InChI=1S/C30H33N3O2/c1-32-19-17-30(18-20-32,33-27(22-28(33)34)25-15-9-4-10-16-25)29(35)31-26(24-13-7-3-8-14-24)21-23-11-5-2-6-12-23/h2-16,26-27H,17-22H2,1H3,(H,31,35). The fourth-order valence-corrected chi connectivity index (χ4v) is 5.54. The molecule has 2 aliphatic rings. The van der Waals surface area contributed by atoms with E-state index in [9.17, 15) is 9.59 Å². The lowest BCUT2D eigenvalue weighted by Crippen LogP contribution is -2.69. The molecule has 1 N–H and O–H groups in total. The fourth-order valence-electron chi connectivity index (χ4n) is 5.54. The van der Waals surface area contributed by atoms with Gasteiger partial charge in [-0.3, -0.25) is 9.59 Å². The van der Waals surface area contributed by atoms with E-state index >= 15 is 0 Å². The van der Waals surface area contributed by atoms with E-state index in [-0.39, 0.29) is 23.9 Å². The number of carbonyl (C=O) groups is 2. The van der Waals surface area contributed by atoms with Gasteiger partial charge in [0.05, 0.1) is 18.5 Å². The topological polar surface area (TPSA) is 52.7 Å². The van der Waals surface area contributed by atoms with Crippen molar-refractivity contribution in [3.8, 4) is 0 Å². The Hall–Kier alpha value is -3.44. The van der Waals surface area contributed by atoms with E-state index in [1.165, 1.54) is 5.56 Å². The van der Waals surface area contributed by atoms with Crippen molar-refractivity contribution in [3.63, 3.8) is 0 Å². The van der Waals surface area contributed by atoms with Gasteiger partial charge in [0, 0.05) is 13.1 Å². The zero-order chi connectivity index (χ0) is 24.3. The van der Waals surface area contributed by atoms with Crippen LogP contribution >= 0.6 is 0 Å². The average Bonchev–Trinajstić information content (AvgIpc) is 2.89. The van der Waals surface area contributed by atoms with Crippen molar-refractivity contribution in [1.82, 2.24) is 15.1 Å². The predicted molar refractivity (Wildman–Crippen MR) is 138 cm³/mol. The molecule has 0 radical (unpaired) electrons. The quantitative estimate of drug-likeness (QED) is 0.520. The zero-order valence-corrected chi connectivity index (χ0v) is 20.3. The maximum Gasteiger partial charge on any atom is 0.246 e. The van der Waals surface area contributed by atoms with Gasteiger partial charge in [-0.15, -0.1) is 0 Å². The summed E-state index contributed by atoms with van der Waals surface area (Å²) in [5, 5.41) is 3.40. The summed E-state index contributed by atoms with van der Waals surface area (Å²) in [5.74, 6) is 0.0299. The third-order valence-electron chi connectivity index (χ3n) is 7.62. The summed E-state index contributed by atoms with van der Waals surface area (Å²) in [6.45, 7) is 1.57. The Bertz CT molecular complexity index is 1140. The fraction of sp³-hybridized carbons (Fsp3) is 0.333. The van der Waals surface area contributed by atoms with Gasteiger partial charge in [0.2, 0.25) is 11.8 Å². The van der Waals surface area contributed by atoms with Gasteiger partial charge < -0.3 is 15.1 Å². The Morgan fingerprint density at radius 3 is 2.09 bits per heavy atom. The third kappa shape index (κ3) is 4.73. The minimum atomic E-state index is -0.841. The summed E-state index contributed by atoms with van der Waals surface area (Å²) in [4.78, 5) is 31.5. The second-order valence-electron chi connectivity index (χ2n) is 9.86. The summed E-state index contributed by atoms with van der Waals surface area (Å²) in [6, 6.07) is 30.3. The van der Waals surface area contributed by atoms with Crippen molar-refractivity contribution in [2.24, 2.45) is 0 Å². The van der Waals surface area contributed by atoms with Crippen molar-refractivity contribution in [2.75, 3.05) is 20.1 Å². The highest BCUT2D eigenvalue weighted by Gasteiger charge is 2.55. The van der Waals surface area contributed by atoms with E-state index in [1.807, 2.05) is 59.5 Å². The Morgan fingerprint density at radius 1 is 0.914 bits per heavy atom. The zero-order valence-electron chi connectivity index (χ0n) is 20.3. The molecule has 2 saturated heterocycles. The first kappa shape index (κ1) is 23.3. The second kappa shape index (κ2) is 10.0. The highest BCUT2D eigenvalue weighted by atomic mass is 16.2. The molecule has 2 amide bonds. The van der Waals surface area contributed by atoms with E-state index in [4.69, 9.17) is 0 Å². The van der Waals surface area contributed by atoms with Crippen LogP contribution in [0.3, 0.4) is 0 Å². The van der Waals surface area contributed by atoms with Crippen LogP contribution in [0.5, 0.6) is 0 Å². The molecule has 2 heterocycles. The maximum absolute atomic E-state index is 14.2. The third-order valence-corrected chi connectivity index (χ3v) is 7.62. The molecule has 0 spiro atoms. The lowest BCUT2D eigenvalue weighted by atomic mass is 9.78. The van der Waals surface area contributed by atoms with Crippen LogP contribution in [0.15, 0.2) is 91.0 Å². The molecule has 5 rings (SSSR count). The number of hydrogen-bond acceptors (Lipinski definition) is 3. The molecule has 5 nitrogen and oxygen atoms in total. The molecule has 2 atom stereocenters. The van der Waals surface area contributed by atoms with Crippen LogP contribution in [0.1, 0.15) is 48.0 Å². The maximum atomic E-state index is 14.2. The van der Waals surface area contributed by atoms with E-state index < -0.39 is 5.54 Å². The van der Waals surface area contributed by atoms with Gasteiger partial charge >= 0.3 is 0 Å². The van der Waals surface area contributed by atoms with Crippen molar-refractivity contribution >= 4 is 11.8 Å². The first-order valence-electron chi connectivity index (χ1n) is 12.5. The molecule has 0 aromatic heterocycles. The number of nitrogens with zero attached hydrogens (tertiary/aromatic N) is 2. The molecular formula is C30H33N3O2. The van der Waals surface area contributed by atoms with E-state index in [0.29, 0.717) is 25.7 Å². The Labute approximate surface area is 207 Å². The molecule has 0 saturated carbocycles. The smallest absolute Gasteiger partial charge is 0.246 e. The number of likely N-dealkylation sites (tertiary alicyclic amines) is 2. The van der Waals surface area contributed by atoms with Crippen molar-refractivity contribution < 1.29 is 9.59 Å². The normalized spacial score (nSPS) is 20.7. The number of hydrogen-bond donors (Lipinski definition) is 1. The molecule has 3 aromatic carbocycles. The number of nitrogens with one attached hydrogen (secondary N) is 1. The van der Waals surface area contributed by atoms with E-state index in [2.05, 4.69) is 53.7 Å². The summed E-state index contributed by atoms with van der Waals surface area (Å²) in [7, 11) is 2.08. The monoisotopic (exact) mass is 467 g/mol. The first-order chi connectivity index (χ1) is 17.1. The molecular weight excluding hydrogens is 434 g/mol. The van der Waals surface area contributed by atoms with Gasteiger partial charge in [0.25, 0.3) is 0 Å². The summed E-state index contributed by atoms with van der Waals surface area (Å²) >= 11 is 0. The van der Waals surface area contributed by atoms with Crippen molar-refractivity contribution in [3.05, 3.63) is 108 Å². The summed E-state index contributed by atoms with van der Waals surface area (Å²) < 4.78 is 0. The van der Waals surface area contributed by atoms with Gasteiger partial charge in [0.1, 0.15) is 5.54 Å². The molecule has 0 aliphatic carbocycles. The Morgan fingerprint density at radius 2 is 1.49 bits per heavy atom. The number of piperidine rings is 1. The predicted octanol–water partition coefficient (Wildman–Crippen LogP) is 4.52. The van der Waals surface area contributed by atoms with Gasteiger partial charge in [-0.1, -0.05) is 91.0 Å². The summed E-state index contributed by atoms with van der Waals surface area (Å²) in [6.07, 6.45) is 2.43. The van der Waals surface area contributed by atoms with Crippen LogP contribution in [0, 0.1) is 0 Å².